The van der Waals surface area contributed by atoms with Crippen LogP contribution in [0.2, 0.25) is 0 Å². The smallest absolute Gasteiger partial charge is 0.352 e. The van der Waals surface area contributed by atoms with Gasteiger partial charge in [-0.25, -0.2) is 0 Å². The molecule has 0 aliphatic heterocycles. The topological polar surface area (TPSA) is 49.3 Å². The molecule has 0 aromatic carbocycles. The van der Waals surface area contributed by atoms with Gasteiger partial charge in [0.05, 0.1) is 0 Å². The number of hydrogen-bond donors (Lipinski definition) is 3. The van der Waals surface area contributed by atoms with Crippen LogP contribution in [-0.2, 0) is 16.4 Å². The molecule has 0 amide bonds. The van der Waals surface area contributed by atoms with Gasteiger partial charge in [0, 0.05) is 6.66 Å². The van der Waals surface area contributed by atoms with E-state index in [2.05, 4.69) is 28.9 Å². The minimum Gasteiger partial charge on any atom is -0.352 e. The number of thiol groups is 1. The van der Waals surface area contributed by atoms with Crippen LogP contribution in [0.5, 0.6) is 0 Å². The van der Waals surface area contributed by atoms with Crippen molar-refractivity contribution < 1.29 is 9.46 Å². The molecule has 3 nitrogen and oxygen atoms in total. The van der Waals surface area contributed by atoms with E-state index in [1.807, 2.05) is 0 Å². The van der Waals surface area contributed by atoms with Crippen LogP contribution in [0.3, 0.4) is 0 Å². The van der Waals surface area contributed by atoms with Crippen molar-refractivity contribution in [2.45, 2.75) is 0 Å². The first-order chi connectivity index (χ1) is 3.42. The summed E-state index contributed by atoms with van der Waals surface area (Å²) in [5, 5.41) is 0. The molecule has 2 N–H and O–H groups in total. The quantitative estimate of drug-likeness (QED) is 0.450. The van der Waals surface area contributed by atoms with Gasteiger partial charge in [-0.15, -0.1) is 0 Å². The van der Waals surface area contributed by atoms with Crippen LogP contribution in [0.1, 0.15) is 0 Å². The van der Waals surface area contributed by atoms with Gasteiger partial charge in [0.25, 0.3) is 0 Å². The fourth-order valence-electron chi connectivity index (χ4n) is 0.159. The average Bonchev–Trinajstić information content (AvgIpc) is 1.21. The second kappa shape index (κ2) is 3.25. The van der Waals surface area contributed by atoms with Gasteiger partial charge in [-0.2, -0.15) is 0 Å². The van der Waals surface area contributed by atoms with Crippen molar-refractivity contribution in [2.24, 2.45) is 0 Å². The molecule has 2 unspecified atom stereocenters. The highest BCUT2D eigenvalue weighted by Crippen LogP contribution is 2.39. The van der Waals surface area contributed by atoms with Gasteiger partial charge in [0.1, 0.15) is 12.2 Å². The third kappa shape index (κ3) is 7.02. The van der Waals surface area contributed by atoms with E-state index in [9.17, 15) is 4.57 Å². The summed E-state index contributed by atoms with van der Waals surface area (Å²) >= 11 is 7.97. The molecular weight excluding hydrogens is 184 g/mol. The first-order valence-electron chi connectivity index (χ1n) is 1.66. The van der Waals surface area contributed by atoms with Crippen molar-refractivity contribution >= 4 is 37.6 Å². The molecule has 0 spiro atoms. The van der Waals surface area contributed by atoms with E-state index in [4.69, 9.17) is 4.89 Å². The third-order valence-electron chi connectivity index (χ3n) is 0.271. The Hall–Kier alpha value is 1.02. The molecule has 0 fully saturated rings. The molecule has 0 heterocycles. The number of nitrogens with one attached hydrogen (secondary N) is 1. The van der Waals surface area contributed by atoms with Crippen LogP contribution >= 0.6 is 25.8 Å². The van der Waals surface area contributed by atoms with Crippen molar-refractivity contribution in [1.29, 1.82) is 0 Å². The maximum Gasteiger partial charge on any atom is 0.510 e. The monoisotopic (exact) mass is 190 g/mol. The summed E-state index contributed by atoms with van der Waals surface area (Å²) in [5.74, 6) is 0. The van der Waals surface area contributed by atoms with E-state index < -0.39 is 13.6 Å². The highest BCUT2D eigenvalue weighted by molar-refractivity contribution is 8.41. The Morgan fingerprint density at radius 2 is 2.38 bits per heavy atom. The van der Waals surface area contributed by atoms with Crippen molar-refractivity contribution in [3.8, 4) is 0 Å². The highest BCUT2D eigenvalue weighted by Gasteiger charge is 2.16. The van der Waals surface area contributed by atoms with Gasteiger partial charge in [0.2, 0.25) is 0 Å². The fraction of sp³-hybridized carbons (Fsp3) is 1.00. The first-order valence-corrected chi connectivity index (χ1v) is 7.27. The van der Waals surface area contributed by atoms with Crippen molar-refractivity contribution in [2.75, 3.05) is 6.66 Å². The minimum atomic E-state index is -2.50. The molecule has 0 rings (SSSR count). The standard InChI is InChI=1S/CH5NO2P2S2/c1-6(4,8)2-5(3)7/h1H3,(H2-,2,3,4,7,8)/p+1. The first kappa shape index (κ1) is 9.02. The lowest BCUT2D eigenvalue weighted by Crippen LogP contribution is -1.93. The lowest BCUT2D eigenvalue weighted by Gasteiger charge is -1.96. The van der Waals surface area contributed by atoms with Crippen LogP contribution in [-0.4, -0.2) is 11.6 Å². The molecular formula is CH6NO2P2S2+. The van der Waals surface area contributed by atoms with Gasteiger partial charge >= 0.3 is 7.15 Å². The largest absolute Gasteiger partial charge is 0.510 e. The molecule has 0 aliphatic carbocycles. The number of rotatable bonds is 2. The molecule has 0 radical (unpaired) electrons. The van der Waals surface area contributed by atoms with Crippen molar-refractivity contribution in [3.63, 3.8) is 0 Å². The summed E-state index contributed by atoms with van der Waals surface area (Å²) in [4.78, 5) is 11.0. The highest BCUT2D eigenvalue weighted by atomic mass is 32.7. The maximum atomic E-state index is 10.2. The summed E-state index contributed by atoms with van der Waals surface area (Å²) in [6.07, 6.45) is -2.50. The fourth-order valence-corrected chi connectivity index (χ4v) is 4.21. The Morgan fingerprint density at radius 1 is 2.00 bits per heavy atom. The van der Waals surface area contributed by atoms with Gasteiger partial charge in [-0.3, -0.25) is 0 Å². The molecule has 48 valence electrons. The Morgan fingerprint density at radius 3 is 2.38 bits per heavy atom. The molecule has 0 saturated heterocycles. The lowest BCUT2D eigenvalue weighted by atomic mass is 12.0. The van der Waals surface area contributed by atoms with E-state index >= 15 is 0 Å². The van der Waals surface area contributed by atoms with Crippen LogP contribution in [0.25, 0.3) is 0 Å². The molecule has 2 atom stereocenters. The Labute approximate surface area is 59.0 Å². The predicted molar refractivity (Wildman–Crippen MR) is 42.2 cm³/mol. The second-order valence-corrected chi connectivity index (χ2v) is 7.58. The van der Waals surface area contributed by atoms with E-state index in [0.29, 0.717) is 0 Å². The Bertz CT molecular complexity index is 141. The molecule has 7 heteroatoms. The molecule has 0 aromatic rings. The van der Waals surface area contributed by atoms with Crippen molar-refractivity contribution in [3.05, 3.63) is 0 Å². The molecule has 8 heavy (non-hydrogen) atoms. The van der Waals surface area contributed by atoms with Crippen LogP contribution < -0.4 is 4.86 Å². The third-order valence-corrected chi connectivity index (χ3v) is 3.98. The second-order valence-electron chi connectivity index (χ2n) is 1.25. The number of hydrogen-bond acceptors (Lipinski definition) is 2. The zero-order valence-corrected chi connectivity index (χ0v) is 7.61. The minimum absolute atomic E-state index is 1.42. The molecule has 0 aliphatic rings. The van der Waals surface area contributed by atoms with Crippen molar-refractivity contribution in [1.82, 2.24) is 4.86 Å². The molecule has 0 bridgehead atoms. The van der Waals surface area contributed by atoms with E-state index in [0.717, 1.165) is 0 Å². The summed E-state index contributed by atoms with van der Waals surface area (Å²) in [5.41, 5.74) is 0. The molecule has 0 aromatic heterocycles. The van der Waals surface area contributed by atoms with Crippen LogP contribution in [0.4, 0.5) is 0 Å². The lowest BCUT2D eigenvalue weighted by molar-refractivity contribution is 0.590. The van der Waals surface area contributed by atoms with Crippen LogP contribution in [0.15, 0.2) is 0 Å². The van der Waals surface area contributed by atoms with E-state index in [1.54, 1.807) is 0 Å². The average molecular weight is 190 g/mol. The van der Waals surface area contributed by atoms with Gasteiger partial charge in [0.15, 0.2) is 6.42 Å². The van der Waals surface area contributed by atoms with Gasteiger partial charge in [-0.1, -0.05) is 0 Å². The SMILES string of the molecule is CP(O)(=S)N[P+](=O)S. The zero-order chi connectivity index (χ0) is 6.78. The summed E-state index contributed by atoms with van der Waals surface area (Å²) in [6, 6.07) is 0. The van der Waals surface area contributed by atoms with Gasteiger partial charge < -0.3 is 4.89 Å². The van der Waals surface area contributed by atoms with Crippen LogP contribution in [0, 0.1) is 0 Å². The summed E-state index contributed by atoms with van der Waals surface area (Å²) < 4.78 is 10.2. The molecule has 0 saturated carbocycles. The zero-order valence-electron chi connectivity index (χ0n) is 4.11. The summed E-state index contributed by atoms with van der Waals surface area (Å²) in [7, 11) is -1.80. The Balaban J connectivity index is 3.74. The van der Waals surface area contributed by atoms with E-state index in [1.165, 1.54) is 6.66 Å². The van der Waals surface area contributed by atoms with E-state index in [-0.39, 0.29) is 0 Å². The maximum absolute atomic E-state index is 10.2. The summed E-state index contributed by atoms with van der Waals surface area (Å²) in [6.45, 7) is 1.42. The van der Waals surface area contributed by atoms with Gasteiger partial charge in [-0.05, 0) is 21.2 Å². The normalized spacial score (nSPS) is 19.6. The predicted octanol–water partition coefficient (Wildman–Crippen LogP) is 1.09. The Kier molecular flexibility index (Phi) is 3.67.